The fourth-order valence-corrected chi connectivity index (χ4v) is 2.76. The summed E-state index contributed by atoms with van der Waals surface area (Å²) < 4.78 is 5.22. The summed E-state index contributed by atoms with van der Waals surface area (Å²) in [7, 11) is 0. The Balaban J connectivity index is 1.59. The third kappa shape index (κ3) is 2.02. The van der Waals surface area contributed by atoms with Crippen LogP contribution in [0, 0.1) is 6.92 Å². The van der Waals surface area contributed by atoms with Gasteiger partial charge in [-0.25, -0.2) is 4.98 Å². The predicted octanol–water partition coefficient (Wildman–Crippen LogP) is 1.90. The van der Waals surface area contributed by atoms with E-state index in [0.29, 0.717) is 24.4 Å². The van der Waals surface area contributed by atoms with Crippen molar-refractivity contribution in [2.75, 3.05) is 6.54 Å². The van der Waals surface area contributed by atoms with E-state index in [9.17, 15) is 4.79 Å². The number of imidazole rings is 1. The van der Waals surface area contributed by atoms with Gasteiger partial charge in [0, 0.05) is 19.2 Å². The molecule has 1 aliphatic heterocycles. The number of aromatic nitrogens is 4. The molecule has 3 aromatic heterocycles. The van der Waals surface area contributed by atoms with E-state index in [-0.39, 0.29) is 5.91 Å². The highest BCUT2D eigenvalue weighted by Crippen LogP contribution is 2.23. The molecule has 0 saturated carbocycles. The zero-order valence-corrected chi connectivity index (χ0v) is 12.1. The molecule has 112 valence electrons. The van der Waals surface area contributed by atoms with Crippen molar-refractivity contribution in [3.05, 3.63) is 47.4 Å². The van der Waals surface area contributed by atoms with Crippen molar-refractivity contribution in [1.29, 1.82) is 0 Å². The van der Waals surface area contributed by atoms with Crippen molar-refractivity contribution < 1.29 is 9.21 Å². The Labute approximate surface area is 126 Å². The smallest absolute Gasteiger partial charge is 0.257 e. The van der Waals surface area contributed by atoms with Crippen molar-refractivity contribution in [3.8, 4) is 11.4 Å². The Morgan fingerprint density at radius 2 is 2.36 bits per heavy atom. The number of nitrogens with zero attached hydrogens (tertiary/aromatic N) is 3. The van der Waals surface area contributed by atoms with Crippen molar-refractivity contribution in [2.24, 2.45) is 0 Å². The van der Waals surface area contributed by atoms with Crippen LogP contribution in [0.15, 0.2) is 29.1 Å². The Morgan fingerprint density at radius 3 is 3.09 bits per heavy atom. The second-order valence-corrected chi connectivity index (χ2v) is 5.36. The molecule has 0 atom stereocenters. The van der Waals surface area contributed by atoms with Gasteiger partial charge in [-0.05, 0) is 13.0 Å². The number of furan rings is 1. The molecule has 0 spiro atoms. The maximum Gasteiger partial charge on any atom is 0.257 e. The van der Waals surface area contributed by atoms with E-state index in [2.05, 4.69) is 20.2 Å². The Morgan fingerprint density at radius 1 is 1.45 bits per heavy atom. The van der Waals surface area contributed by atoms with Crippen LogP contribution in [0.25, 0.3) is 11.4 Å². The molecule has 1 amide bonds. The summed E-state index contributed by atoms with van der Waals surface area (Å²) in [6.07, 6.45) is 5.81. The molecule has 3 aromatic rings. The van der Waals surface area contributed by atoms with Gasteiger partial charge in [0.2, 0.25) is 0 Å². The van der Waals surface area contributed by atoms with Crippen LogP contribution >= 0.6 is 0 Å². The zero-order chi connectivity index (χ0) is 15.1. The van der Waals surface area contributed by atoms with Gasteiger partial charge in [-0.1, -0.05) is 0 Å². The first-order valence-electron chi connectivity index (χ1n) is 7.12. The lowest BCUT2D eigenvalue weighted by atomic mass is 10.1. The van der Waals surface area contributed by atoms with E-state index in [1.807, 2.05) is 4.90 Å². The van der Waals surface area contributed by atoms with Crippen molar-refractivity contribution in [3.63, 3.8) is 0 Å². The van der Waals surface area contributed by atoms with Crippen LogP contribution in [0.1, 0.15) is 27.5 Å². The second-order valence-electron chi connectivity index (χ2n) is 5.36. The first kappa shape index (κ1) is 12.9. The number of H-pyrrole nitrogens is 2. The summed E-state index contributed by atoms with van der Waals surface area (Å²) in [5.41, 5.74) is 3.54. The standard InChI is InChI=1S/C15H15N5O2/c1-9-11(3-5-22-9)15(21)20-4-2-12-13(8-20)19-14(18-12)10-6-16-17-7-10/h3,5-7H,2,4,8H2,1H3,(H,16,17)(H,18,19). The quantitative estimate of drug-likeness (QED) is 0.756. The van der Waals surface area contributed by atoms with E-state index in [1.165, 1.54) is 0 Å². The molecule has 0 aromatic carbocycles. The van der Waals surface area contributed by atoms with E-state index in [1.54, 1.807) is 31.6 Å². The van der Waals surface area contributed by atoms with E-state index in [4.69, 9.17) is 4.42 Å². The van der Waals surface area contributed by atoms with Gasteiger partial charge < -0.3 is 14.3 Å². The summed E-state index contributed by atoms with van der Waals surface area (Å²) in [4.78, 5) is 22.2. The third-order valence-corrected chi connectivity index (χ3v) is 3.98. The van der Waals surface area contributed by atoms with Crippen LogP contribution in [-0.4, -0.2) is 37.5 Å². The Kier molecular flexibility index (Phi) is 2.85. The fourth-order valence-electron chi connectivity index (χ4n) is 2.76. The monoisotopic (exact) mass is 297 g/mol. The summed E-state index contributed by atoms with van der Waals surface area (Å²) in [6, 6.07) is 1.72. The highest BCUT2D eigenvalue weighted by molar-refractivity contribution is 5.95. The second kappa shape index (κ2) is 4.87. The van der Waals surface area contributed by atoms with Crippen LogP contribution in [0.4, 0.5) is 0 Å². The maximum absolute atomic E-state index is 12.5. The van der Waals surface area contributed by atoms with Crippen LogP contribution < -0.4 is 0 Å². The molecule has 2 N–H and O–H groups in total. The van der Waals surface area contributed by atoms with Crippen molar-refractivity contribution in [2.45, 2.75) is 19.9 Å². The molecule has 1 aliphatic rings. The molecule has 0 unspecified atom stereocenters. The normalized spacial score (nSPS) is 14.1. The minimum atomic E-state index is -0.00337. The van der Waals surface area contributed by atoms with Gasteiger partial charge in [0.15, 0.2) is 0 Å². The number of amides is 1. The van der Waals surface area contributed by atoms with Gasteiger partial charge in [-0.2, -0.15) is 5.10 Å². The molecule has 7 nitrogen and oxygen atoms in total. The average molecular weight is 297 g/mol. The molecule has 0 saturated heterocycles. The fraction of sp³-hybridized carbons (Fsp3) is 0.267. The molecular formula is C15H15N5O2. The van der Waals surface area contributed by atoms with Crippen LogP contribution in [0.2, 0.25) is 0 Å². The summed E-state index contributed by atoms with van der Waals surface area (Å²) in [5.74, 6) is 1.43. The summed E-state index contributed by atoms with van der Waals surface area (Å²) in [5, 5.41) is 6.71. The average Bonchev–Trinajstić information content (AvgIpc) is 3.25. The Bertz CT molecular complexity index is 815. The first-order valence-corrected chi connectivity index (χ1v) is 7.12. The lowest BCUT2D eigenvalue weighted by Crippen LogP contribution is -2.36. The molecule has 4 rings (SSSR count). The molecule has 0 radical (unpaired) electrons. The van der Waals surface area contributed by atoms with E-state index in [0.717, 1.165) is 29.2 Å². The van der Waals surface area contributed by atoms with Gasteiger partial charge in [0.05, 0.1) is 41.5 Å². The number of carbonyl (C=O) groups is 1. The SMILES string of the molecule is Cc1occc1C(=O)N1CCc2nc(-c3cn[nH]c3)[nH]c2C1. The van der Waals surface area contributed by atoms with E-state index >= 15 is 0 Å². The van der Waals surface area contributed by atoms with Crippen LogP contribution in [-0.2, 0) is 13.0 Å². The minimum absolute atomic E-state index is 0.00337. The third-order valence-electron chi connectivity index (χ3n) is 3.98. The van der Waals surface area contributed by atoms with Gasteiger partial charge >= 0.3 is 0 Å². The van der Waals surface area contributed by atoms with E-state index < -0.39 is 0 Å². The molecule has 0 aliphatic carbocycles. The van der Waals surface area contributed by atoms with Gasteiger partial charge in [0.25, 0.3) is 5.91 Å². The predicted molar refractivity (Wildman–Crippen MR) is 78.1 cm³/mol. The molecule has 0 fully saturated rings. The largest absolute Gasteiger partial charge is 0.469 e. The van der Waals surface area contributed by atoms with Gasteiger partial charge in [-0.3, -0.25) is 9.89 Å². The Hall–Kier alpha value is -2.83. The molecule has 7 heteroatoms. The number of fused-ring (bicyclic) bond motifs is 1. The number of aryl methyl sites for hydroxylation is 1. The number of rotatable bonds is 2. The maximum atomic E-state index is 12.5. The summed E-state index contributed by atoms with van der Waals surface area (Å²) >= 11 is 0. The number of carbonyl (C=O) groups excluding carboxylic acids is 1. The molecular weight excluding hydrogens is 282 g/mol. The number of nitrogens with one attached hydrogen (secondary N) is 2. The molecule has 4 heterocycles. The first-order chi connectivity index (χ1) is 10.7. The zero-order valence-electron chi connectivity index (χ0n) is 12.1. The number of hydrogen-bond acceptors (Lipinski definition) is 4. The lowest BCUT2D eigenvalue weighted by Gasteiger charge is -2.25. The summed E-state index contributed by atoms with van der Waals surface area (Å²) in [6.45, 7) is 2.99. The highest BCUT2D eigenvalue weighted by Gasteiger charge is 2.26. The lowest BCUT2D eigenvalue weighted by molar-refractivity contribution is 0.0730. The molecule has 0 bridgehead atoms. The highest BCUT2D eigenvalue weighted by atomic mass is 16.3. The van der Waals surface area contributed by atoms with Crippen molar-refractivity contribution in [1.82, 2.24) is 25.1 Å². The number of hydrogen-bond donors (Lipinski definition) is 2. The molecule has 22 heavy (non-hydrogen) atoms. The van der Waals surface area contributed by atoms with Crippen LogP contribution in [0.3, 0.4) is 0 Å². The van der Waals surface area contributed by atoms with Gasteiger partial charge in [0.1, 0.15) is 11.6 Å². The topological polar surface area (TPSA) is 90.8 Å². The van der Waals surface area contributed by atoms with Gasteiger partial charge in [-0.15, -0.1) is 0 Å². The van der Waals surface area contributed by atoms with Crippen LogP contribution in [0.5, 0.6) is 0 Å². The van der Waals surface area contributed by atoms with Crippen molar-refractivity contribution >= 4 is 5.91 Å². The minimum Gasteiger partial charge on any atom is -0.469 e. The number of aromatic amines is 2.